The Balaban J connectivity index is 2.32. The van der Waals surface area contributed by atoms with Gasteiger partial charge in [0.05, 0.1) is 11.0 Å². The molecular weight excluding hydrogens is 244 g/mol. The van der Waals surface area contributed by atoms with E-state index in [1.807, 2.05) is 0 Å². The van der Waals surface area contributed by atoms with E-state index < -0.39 is 0 Å². The Labute approximate surface area is 110 Å². The van der Waals surface area contributed by atoms with Crippen LogP contribution in [0.2, 0.25) is 0 Å². The number of rotatable bonds is 3. The molecule has 0 aliphatic heterocycles. The minimum atomic E-state index is -0.305. The van der Waals surface area contributed by atoms with Crippen LogP contribution in [0.4, 0.5) is 10.5 Å². The summed E-state index contributed by atoms with van der Waals surface area (Å²) < 4.78 is 3.11. The molecule has 2 N–H and O–H groups in total. The zero-order valence-electron chi connectivity index (χ0n) is 10.9. The van der Waals surface area contributed by atoms with Crippen molar-refractivity contribution in [3.8, 4) is 0 Å². The van der Waals surface area contributed by atoms with E-state index in [9.17, 15) is 9.59 Å². The number of hydrogen-bond acceptors (Lipinski definition) is 2. The summed E-state index contributed by atoms with van der Waals surface area (Å²) in [6.45, 7) is 3.92. The normalized spacial score (nSPS) is 10.4. The molecule has 6 nitrogen and oxygen atoms in total. The van der Waals surface area contributed by atoms with E-state index in [2.05, 4.69) is 17.2 Å². The van der Waals surface area contributed by atoms with Gasteiger partial charge in [-0.05, 0) is 18.2 Å². The molecule has 0 atom stereocenters. The van der Waals surface area contributed by atoms with Crippen molar-refractivity contribution in [2.75, 3.05) is 11.9 Å². The second kappa shape index (κ2) is 5.01. The molecule has 100 valence electrons. The second-order valence-corrected chi connectivity index (χ2v) is 4.23. The molecule has 0 aliphatic rings. The number of nitrogens with one attached hydrogen (secondary N) is 2. The highest BCUT2D eigenvalue weighted by atomic mass is 16.2. The summed E-state index contributed by atoms with van der Waals surface area (Å²) in [7, 11) is 3.42. The first-order chi connectivity index (χ1) is 9.04. The van der Waals surface area contributed by atoms with Crippen LogP contribution in [0, 0.1) is 0 Å². The van der Waals surface area contributed by atoms with Gasteiger partial charge < -0.3 is 10.6 Å². The van der Waals surface area contributed by atoms with Crippen molar-refractivity contribution in [2.45, 2.75) is 0 Å². The third kappa shape index (κ3) is 2.37. The number of hydrogen-bond donors (Lipinski definition) is 2. The predicted octanol–water partition coefficient (Wildman–Crippen LogP) is 1.18. The second-order valence-electron chi connectivity index (χ2n) is 4.23. The van der Waals surface area contributed by atoms with Crippen LogP contribution in [-0.2, 0) is 14.1 Å². The fraction of sp³-hybridized carbons (Fsp3) is 0.231. The van der Waals surface area contributed by atoms with Gasteiger partial charge in [0.25, 0.3) is 0 Å². The van der Waals surface area contributed by atoms with Gasteiger partial charge in [0, 0.05) is 26.3 Å². The van der Waals surface area contributed by atoms with Gasteiger partial charge in [-0.1, -0.05) is 6.08 Å². The van der Waals surface area contributed by atoms with E-state index in [1.54, 1.807) is 47.5 Å². The number of anilines is 1. The molecular formula is C13H16N4O2. The van der Waals surface area contributed by atoms with Crippen LogP contribution in [0.1, 0.15) is 0 Å². The van der Waals surface area contributed by atoms with Crippen LogP contribution in [0.15, 0.2) is 35.6 Å². The van der Waals surface area contributed by atoms with Crippen LogP contribution in [-0.4, -0.2) is 21.7 Å². The standard InChI is InChI=1S/C13H16N4O2/c1-4-7-14-12(18)15-9-5-6-10-11(8-9)17(3)13(19)16(10)2/h4-6,8H,1,7H2,2-3H3,(H2,14,15,18). The lowest BCUT2D eigenvalue weighted by Crippen LogP contribution is -2.28. The fourth-order valence-corrected chi connectivity index (χ4v) is 1.92. The lowest BCUT2D eigenvalue weighted by atomic mass is 10.2. The maximum Gasteiger partial charge on any atom is 0.328 e. The van der Waals surface area contributed by atoms with Gasteiger partial charge in [-0.25, -0.2) is 9.59 Å². The maximum absolute atomic E-state index is 11.8. The molecule has 0 unspecified atom stereocenters. The number of benzene rings is 1. The van der Waals surface area contributed by atoms with Gasteiger partial charge in [0.1, 0.15) is 0 Å². The molecule has 0 fully saturated rings. The summed E-state index contributed by atoms with van der Waals surface area (Å²) in [5.74, 6) is 0. The SMILES string of the molecule is C=CCNC(=O)Nc1ccc2c(c1)n(C)c(=O)n2C. The Morgan fingerprint density at radius 2 is 2.00 bits per heavy atom. The lowest BCUT2D eigenvalue weighted by Gasteiger charge is -2.06. The van der Waals surface area contributed by atoms with E-state index in [-0.39, 0.29) is 11.7 Å². The summed E-state index contributed by atoms with van der Waals surface area (Å²) >= 11 is 0. The molecule has 0 saturated carbocycles. The zero-order valence-corrected chi connectivity index (χ0v) is 10.9. The van der Waals surface area contributed by atoms with Crippen LogP contribution in [0.25, 0.3) is 11.0 Å². The maximum atomic E-state index is 11.8. The van der Waals surface area contributed by atoms with Crippen molar-refractivity contribution in [3.05, 3.63) is 41.3 Å². The molecule has 1 heterocycles. The molecule has 0 radical (unpaired) electrons. The van der Waals surface area contributed by atoms with E-state index in [4.69, 9.17) is 0 Å². The van der Waals surface area contributed by atoms with E-state index in [0.29, 0.717) is 12.2 Å². The monoisotopic (exact) mass is 260 g/mol. The molecule has 0 spiro atoms. The molecule has 0 aliphatic carbocycles. The first-order valence-corrected chi connectivity index (χ1v) is 5.86. The number of carbonyl (C=O) groups is 1. The number of aromatic nitrogens is 2. The Morgan fingerprint density at radius 3 is 2.68 bits per heavy atom. The minimum Gasteiger partial charge on any atom is -0.334 e. The Kier molecular flexibility index (Phi) is 3.41. The molecule has 2 rings (SSSR count). The fourth-order valence-electron chi connectivity index (χ4n) is 1.92. The van der Waals surface area contributed by atoms with Crippen molar-refractivity contribution >= 4 is 22.8 Å². The summed E-state index contributed by atoms with van der Waals surface area (Å²) in [6, 6.07) is 5.03. The molecule has 0 bridgehead atoms. The zero-order chi connectivity index (χ0) is 14.0. The largest absolute Gasteiger partial charge is 0.334 e. The van der Waals surface area contributed by atoms with E-state index >= 15 is 0 Å². The number of fused-ring (bicyclic) bond motifs is 1. The highest BCUT2D eigenvalue weighted by Crippen LogP contribution is 2.17. The lowest BCUT2D eigenvalue weighted by molar-refractivity contribution is 0.253. The Bertz CT molecular complexity index is 696. The van der Waals surface area contributed by atoms with Gasteiger partial charge >= 0.3 is 11.7 Å². The summed E-state index contributed by atoms with van der Waals surface area (Å²) in [4.78, 5) is 23.3. The quantitative estimate of drug-likeness (QED) is 0.814. The summed E-state index contributed by atoms with van der Waals surface area (Å²) in [5.41, 5.74) is 2.14. The van der Waals surface area contributed by atoms with Crippen molar-refractivity contribution in [1.82, 2.24) is 14.5 Å². The van der Waals surface area contributed by atoms with Crippen molar-refractivity contribution in [1.29, 1.82) is 0 Å². The van der Waals surface area contributed by atoms with Gasteiger partial charge in [-0.15, -0.1) is 6.58 Å². The predicted molar refractivity (Wildman–Crippen MR) is 75.4 cm³/mol. The third-order valence-corrected chi connectivity index (χ3v) is 2.94. The number of carbonyl (C=O) groups excluding carboxylic acids is 1. The average molecular weight is 260 g/mol. The topological polar surface area (TPSA) is 68.1 Å². The van der Waals surface area contributed by atoms with Crippen LogP contribution >= 0.6 is 0 Å². The van der Waals surface area contributed by atoms with E-state index in [0.717, 1.165) is 11.0 Å². The summed E-state index contributed by atoms with van der Waals surface area (Å²) in [5, 5.41) is 5.32. The van der Waals surface area contributed by atoms with Crippen LogP contribution in [0.5, 0.6) is 0 Å². The average Bonchev–Trinajstić information content (AvgIpc) is 2.61. The van der Waals surface area contributed by atoms with Gasteiger partial charge in [-0.3, -0.25) is 9.13 Å². The number of aryl methyl sites for hydroxylation is 2. The van der Waals surface area contributed by atoms with Crippen molar-refractivity contribution < 1.29 is 4.79 Å². The highest BCUT2D eigenvalue weighted by molar-refractivity contribution is 5.92. The van der Waals surface area contributed by atoms with Gasteiger partial charge in [-0.2, -0.15) is 0 Å². The van der Waals surface area contributed by atoms with E-state index in [1.165, 1.54) is 0 Å². The smallest absolute Gasteiger partial charge is 0.328 e. The Hall–Kier alpha value is -2.50. The Morgan fingerprint density at radius 1 is 1.32 bits per heavy atom. The van der Waals surface area contributed by atoms with Crippen LogP contribution in [0.3, 0.4) is 0 Å². The third-order valence-electron chi connectivity index (χ3n) is 2.94. The van der Waals surface area contributed by atoms with Crippen LogP contribution < -0.4 is 16.3 Å². The number of urea groups is 1. The highest BCUT2D eigenvalue weighted by Gasteiger charge is 2.08. The van der Waals surface area contributed by atoms with Gasteiger partial charge in [0.2, 0.25) is 0 Å². The van der Waals surface area contributed by atoms with Crippen molar-refractivity contribution in [2.24, 2.45) is 14.1 Å². The first-order valence-electron chi connectivity index (χ1n) is 5.86. The molecule has 6 heteroatoms. The number of imidazole rings is 1. The number of nitrogens with zero attached hydrogens (tertiary/aromatic N) is 2. The number of amides is 2. The molecule has 2 amide bonds. The molecule has 1 aromatic heterocycles. The molecule has 19 heavy (non-hydrogen) atoms. The first kappa shape index (κ1) is 12.9. The van der Waals surface area contributed by atoms with Crippen molar-refractivity contribution in [3.63, 3.8) is 0 Å². The van der Waals surface area contributed by atoms with Gasteiger partial charge in [0.15, 0.2) is 0 Å². The molecule has 1 aromatic carbocycles. The minimum absolute atomic E-state index is 0.0942. The summed E-state index contributed by atoms with van der Waals surface area (Å²) in [6.07, 6.45) is 1.60. The molecule has 0 saturated heterocycles. The molecule has 2 aromatic rings.